The first-order valence-corrected chi connectivity index (χ1v) is 8.02. The lowest BCUT2D eigenvalue weighted by Gasteiger charge is -2.19. The van der Waals surface area contributed by atoms with Crippen LogP contribution in [0.1, 0.15) is 20.3 Å². The van der Waals surface area contributed by atoms with Crippen molar-refractivity contribution < 1.29 is 44.0 Å². The Morgan fingerprint density at radius 2 is 1.88 bits per heavy atom. The highest BCUT2D eigenvalue weighted by Crippen LogP contribution is 2.30. The molecule has 2 aliphatic heterocycles. The summed E-state index contributed by atoms with van der Waals surface area (Å²) < 4.78 is 21.0. The third kappa shape index (κ3) is 5.57. The first kappa shape index (κ1) is 20.0. The van der Waals surface area contributed by atoms with Gasteiger partial charge < -0.3 is 29.9 Å². The Morgan fingerprint density at radius 3 is 2.48 bits per heavy atom. The van der Waals surface area contributed by atoms with Crippen LogP contribution in [0.15, 0.2) is 0 Å². The summed E-state index contributed by atoms with van der Waals surface area (Å²) in [5.41, 5.74) is 5.67. The van der Waals surface area contributed by atoms with E-state index in [4.69, 9.17) is 29.9 Å². The Labute approximate surface area is 144 Å². The molecule has 0 spiro atoms. The molecule has 2 saturated heterocycles. The van der Waals surface area contributed by atoms with Gasteiger partial charge in [-0.25, -0.2) is 0 Å². The molecule has 0 radical (unpaired) electrons. The Hall–Kier alpha value is -1.34. The highest BCUT2D eigenvalue weighted by atomic mass is 17.1. The molecule has 11 nitrogen and oxygen atoms in total. The molecule has 6 atom stereocenters. The predicted octanol–water partition coefficient (Wildman–Crippen LogP) is -2.32. The molecule has 0 aromatic carbocycles. The third-order valence-corrected chi connectivity index (χ3v) is 3.75. The molecule has 4 N–H and O–H groups in total. The number of ether oxygens (including phenoxy) is 4. The van der Waals surface area contributed by atoms with E-state index in [0.29, 0.717) is 0 Å². The summed E-state index contributed by atoms with van der Waals surface area (Å²) in [6.45, 7) is 4.08. The van der Waals surface area contributed by atoms with E-state index in [-0.39, 0.29) is 32.2 Å². The molecule has 2 heterocycles. The summed E-state index contributed by atoms with van der Waals surface area (Å²) in [7, 11) is 0. The second-order valence-corrected chi connectivity index (χ2v) is 6.38. The standard InChI is InChI=1S/C14H24N2O9/c1-7(2)4-21-11(17)3-8(15)14(18)24-9-5-22-13-10(25-16(19)20)6-23-12(9)13/h7-10,12-13,16,19H,3-6,15H2,1-2H3/t8?,9-,10+,12+,13+/m0/s1. The van der Waals surface area contributed by atoms with E-state index in [1.54, 1.807) is 0 Å². The molecule has 0 aromatic rings. The van der Waals surface area contributed by atoms with Gasteiger partial charge in [0.2, 0.25) is 0 Å². The molecule has 0 aromatic heterocycles. The molecule has 2 rings (SSSR count). The van der Waals surface area contributed by atoms with Crippen LogP contribution in [-0.2, 0) is 33.4 Å². The number of carbonyl (C=O) groups excluding carboxylic acids is 2. The van der Waals surface area contributed by atoms with Gasteiger partial charge in [-0.3, -0.25) is 9.59 Å². The highest BCUT2D eigenvalue weighted by Gasteiger charge is 2.51. The summed E-state index contributed by atoms with van der Waals surface area (Å²) >= 11 is 0. The van der Waals surface area contributed by atoms with Crippen molar-refractivity contribution in [2.24, 2.45) is 11.7 Å². The maximum absolute atomic E-state index is 12.0. The van der Waals surface area contributed by atoms with Gasteiger partial charge in [0.05, 0.1) is 26.2 Å². The lowest BCUT2D eigenvalue weighted by molar-refractivity contribution is -1.21. The van der Waals surface area contributed by atoms with Gasteiger partial charge in [-0.15, -0.1) is 0 Å². The fourth-order valence-corrected chi connectivity index (χ4v) is 2.58. The zero-order valence-corrected chi connectivity index (χ0v) is 14.1. The quantitative estimate of drug-likeness (QED) is 0.316. The van der Waals surface area contributed by atoms with Crippen molar-refractivity contribution in [2.75, 3.05) is 19.8 Å². The van der Waals surface area contributed by atoms with Gasteiger partial charge >= 0.3 is 11.9 Å². The largest absolute Gasteiger partial charge is 0.566 e. The number of nitrogens with two attached hydrogens (primary N) is 1. The number of hydrogen-bond acceptors (Lipinski definition) is 10. The minimum absolute atomic E-state index is 0.0171. The summed E-state index contributed by atoms with van der Waals surface area (Å²) in [5, 5.41) is 17.8. The van der Waals surface area contributed by atoms with E-state index < -0.39 is 47.8 Å². The van der Waals surface area contributed by atoms with Crippen LogP contribution in [0.2, 0.25) is 0 Å². The van der Waals surface area contributed by atoms with Crippen LogP contribution in [0.25, 0.3) is 0 Å². The third-order valence-electron chi connectivity index (χ3n) is 3.75. The van der Waals surface area contributed by atoms with E-state index in [9.17, 15) is 14.8 Å². The number of fused-ring (bicyclic) bond motifs is 1. The molecular formula is C14H24N2O9. The van der Waals surface area contributed by atoms with E-state index in [0.717, 1.165) is 0 Å². The second kappa shape index (κ2) is 8.85. The number of rotatable bonds is 8. The monoisotopic (exact) mass is 364 g/mol. The van der Waals surface area contributed by atoms with Crippen LogP contribution < -0.4 is 11.1 Å². The average molecular weight is 364 g/mol. The highest BCUT2D eigenvalue weighted by molar-refractivity contribution is 5.82. The summed E-state index contributed by atoms with van der Waals surface area (Å²) in [6.07, 6.45) is -3.07. The summed E-state index contributed by atoms with van der Waals surface area (Å²) in [6, 6.07) is -1.16. The maximum Gasteiger partial charge on any atom is 0.323 e. The second-order valence-electron chi connectivity index (χ2n) is 6.38. The first-order chi connectivity index (χ1) is 11.8. The summed E-state index contributed by atoms with van der Waals surface area (Å²) in [5.74, 6) is -1.17. The van der Waals surface area contributed by atoms with Crippen molar-refractivity contribution in [1.82, 2.24) is 0 Å². The molecule has 144 valence electrons. The van der Waals surface area contributed by atoms with Crippen LogP contribution in [0.3, 0.4) is 0 Å². The van der Waals surface area contributed by atoms with E-state index in [2.05, 4.69) is 4.84 Å². The Balaban J connectivity index is 1.78. The molecule has 2 unspecified atom stereocenters. The number of nitrogens with one attached hydrogen (secondary N) is 1. The lowest BCUT2D eigenvalue weighted by atomic mass is 10.1. The number of carbonyl (C=O) groups is 2. The van der Waals surface area contributed by atoms with Crippen LogP contribution in [-0.4, -0.2) is 67.4 Å². The fraction of sp³-hybridized carbons (Fsp3) is 0.857. The van der Waals surface area contributed by atoms with E-state index in [1.165, 1.54) is 0 Å². The van der Waals surface area contributed by atoms with Gasteiger partial charge in [0.25, 0.3) is 0 Å². The van der Waals surface area contributed by atoms with Gasteiger partial charge in [-0.2, -0.15) is 10.0 Å². The van der Waals surface area contributed by atoms with Crippen LogP contribution in [0, 0.1) is 11.1 Å². The average Bonchev–Trinajstić information content (AvgIpc) is 3.08. The molecule has 0 amide bonds. The van der Waals surface area contributed by atoms with Crippen molar-refractivity contribution in [3.05, 3.63) is 5.21 Å². The predicted molar refractivity (Wildman–Crippen MR) is 78.7 cm³/mol. The Bertz CT molecular complexity index is 473. The number of esters is 2. The fourth-order valence-electron chi connectivity index (χ4n) is 2.58. The summed E-state index contributed by atoms with van der Waals surface area (Å²) in [4.78, 5) is 28.3. The van der Waals surface area contributed by atoms with Crippen LogP contribution in [0.4, 0.5) is 0 Å². The number of hydrogen-bond donors (Lipinski definition) is 3. The van der Waals surface area contributed by atoms with Gasteiger partial charge in [0.15, 0.2) is 12.2 Å². The van der Waals surface area contributed by atoms with Gasteiger partial charge in [-0.05, 0) is 5.92 Å². The first-order valence-electron chi connectivity index (χ1n) is 8.02. The molecular weight excluding hydrogens is 340 g/mol. The zero-order valence-electron chi connectivity index (χ0n) is 14.1. The normalized spacial score (nSPS) is 30.8. The molecule has 2 fully saturated rings. The van der Waals surface area contributed by atoms with Crippen molar-refractivity contribution >= 4 is 11.9 Å². The van der Waals surface area contributed by atoms with E-state index >= 15 is 0 Å². The smallest absolute Gasteiger partial charge is 0.323 e. The molecule has 0 bridgehead atoms. The van der Waals surface area contributed by atoms with E-state index in [1.807, 2.05) is 13.8 Å². The van der Waals surface area contributed by atoms with Crippen molar-refractivity contribution in [1.29, 1.82) is 0 Å². The van der Waals surface area contributed by atoms with Crippen molar-refractivity contribution in [2.45, 2.75) is 50.7 Å². The Kier molecular flexibility index (Phi) is 7.07. The lowest BCUT2D eigenvalue weighted by Crippen LogP contribution is -3.04. The zero-order chi connectivity index (χ0) is 18.6. The number of quaternary nitrogens is 1. The molecule has 0 aliphatic carbocycles. The van der Waals surface area contributed by atoms with Gasteiger partial charge in [0, 0.05) is 0 Å². The molecule has 11 heteroatoms. The van der Waals surface area contributed by atoms with Crippen LogP contribution >= 0.6 is 0 Å². The SMILES string of the molecule is CC(C)COC(=O)CC(N)C(=O)O[C@H]1CO[C@H]2[C@@H]1OC[C@H]2O[NH+]([O-])O. The minimum atomic E-state index is -1.43. The molecule has 2 aliphatic rings. The minimum Gasteiger partial charge on any atom is -0.566 e. The van der Waals surface area contributed by atoms with Crippen LogP contribution in [0.5, 0.6) is 0 Å². The Morgan fingerprint density at radius 1 is 1.28 bits per heavy atom. The molecule has 25 heavy (non-hydrogen) atoms. The van der Waals surface area contributed by atoms with Crippen molar-refractivity contribution in [3.8, 4) is 0 Å². The van der Waals surface area contributed by atoms with Gasteiger partial charge in [-0.1, -0.05) is 19.2 Å². The topological polar surface area (TPSA) is 154 Å². The molecule has 0 saturated carbocycles. The van der Waals surface area contributed by atoms with Crippen molar-refractivity contribution in [3.63, 3.8) is 0 Å². The maximum atomic E-state index is 12.0. The van der Waals surface area contributed by atoms with Gasteiger partial charge in [0.1, 0.15) is 18.2 Å².